The molecule has 2 saturated heterocycles. The summed E-state index contributed by atoms with van der Waals surface area (Å²) in [6, 6.07) is 10.5. The van der Waals surface area contributed by atoms with E-state index < -0.39 is 0 Å². The fourth-order valence-corrected chi connectivity index (χ4v) is 4.63. The molecule has 3 heterocycles. The maximum Gasteiger partial charge on any atom is 0.146 e. The number of ketones is 1. The lowest BCUT2D eigenvalue weighted by Gasteiger charge is -2.34. The van der Waals surface area contributed by atoms with Crippen LogP contribution in [0.4, 0.5) is 5.69 Å². The van der Waals surface area contributed by atoms with Gasteiger partial charge in [0.2, 0.25) is 0 Å². The quantitative estimate of drug-likeness (QED) is 0.765. The predicted molar refractivity (Wildman–Crippen MR) is 111 cm³/mol. The summed E-state index contributed by atoms with van der Waals surface area (Å²) in [6.07, 6.45) is 9.97. The second-order valence-corrected chi connectivity index (χ2v) is 8.19. The van der Waals surface area contributed by atoms with E-state index in [2.05, 4.69) is 39.0 Å². The van der Waals surface area contributed by atoms with Gasteiger partial charge >= 0.3 is 0 Å². The second-order valence-electron chi connectivity index (χ2n) is 8.19. The average molecular weight is 366 g/mol. The monoisotopic (exact) mass is 365 g/mol. The van der Waals surface area contributed by atoms with Crippen LogP contribution in [0.3, 0.4) is 0 Å². The second kappa shape index (κ2) is 8.83. The zero-order chi connectivity index (χ0) is 18.5. The van der Waals surface area contributed by atoms with Crippen LogP contribution in [0.5, 0.6) is 0 Å². The van der Waals surface area contributed by atoms with E-state index in [4.69, 9.17) is 0 Å². The van der Waals surface area contributed by atoms with Crippen LogP contribution in [0.1, 0.15) is 44.9 Å². The fourth-order valence-electron chi connectivity index (χ4n) is 4.63. The van der Waals surface area contributed by atoms with Crippen LogP contribution in [0.15, 0.2) is 36.5 Å². The van der Waals surface area contributed by atoms with E-state index in [0.29, 0.717) is 18.2 Å². The Morgan fingerprint density at radius 2 is 1.78 bits per heavy atom. The van der Waals surface area contributed by atoms with Gasteiger partial charge in [0.1, 0.15) is 5.78 Å². The summed E-state index contributed by atoms with van der Waals surface area (Å²) >= 11 is 0. The molecule has 0 N–H and O–H groups in total. The molecule has 0 radical (unpaired) electrons. The van der Waals surface area contributed by atoms with E-state index in [1.54, 1.807) is 0 Å². The fraction of sp³-hybridized carbons (Fsp3) is 0.565. The van der Waals surface area contributed by atoms with Gasteiger partial charge in [-0.15, -0.1) is 0 Å². The average Bonchev–Trinajstić information content (AvgIpc) is 2.73. The molecule has 4 nitrogen and oxygen atoms in total. The third-order valence-corrected chi connectivity index (χ3v) is 6.26. The number of nitrogens with zero attached hydrogens (tertiary/aromatic N) is 3. The number of likely N-dealkylation sites (tertiary alicyclic amines) is 1. The number of fused-ring (bicyclic) bond motifs is 1. The molecule has 4 rings (SSSR count). The molecule has 1 aromatic carbocycles. The Hall–Kier alpha value is -1.94. The van der Waals surface area contributed by atoms with E-state index in [1.165, 1.54) is 43.2 Å². The molecule has 27 heavy (non-hydrogen) atoms. The van der Waals surface area contributed by atoms with Gasteiger partial charge in [0.05, 0.1) is 12.1 Å². The Bertz CT molecular complexity index is 756. The van der Waals surface area contributed by atoms with Gasteiger partial charge in [0, 0.05) is 36.8 Å². The van der Waals surface area contributed by atoms with Crippen molar-refractivity contribution in [3.63, 3.8) is 0 Å². The minimum atomic E-state index is 0.444. The van der Waals surface area contributed by atoms with Crippen LogP contribution in [0, 0.1) is 5.92 Å². The summed E-state index contributed by atoms with van der Waals surface area (Å²) in [5.74, 6) is 1.14. The first-order valence-electron chi connectivity index (χ1n) is 10.6. The van der Waals surface area contributed by atoms with Gasteiger partial charge in [-0.05, 0) is 63.2 Å². The number of hydrogen-bond acceptors (Lipinski definition) is 4. The summed E-state index contributed by atoms with van der Waals surface area (Å²) in [7, 11) is 0. The van der Waals surface area contributed by atoms with Crippen molar-refractivity contribution in [1.29, 1.82) is 0 Å². The first-order chi connectivity index (χ1) is 13.3. The SMILES string of the molecule is O=C(CCC1CCN(c2ccnc3ccccc23)CC1)CN1CCCCC1. The molecule has 2 aromatic rings. The highest BCUT2D eigenvalue weighted by Gasteiger charge is 2.22. The van der Waals surface area contributed by atoms with Crippen molar-refractivity contribution < 1.29 is 4.79 Å². The summed E-state index contributed by atoms with van der Waals surface area (Å²) < 4.78 is 0. The molecule has 0 saturated carbocycles. The molecule has 144 valence electrons. The molecular formula is C23H31N3O. The Morgan fingerprint density at radius 1 is 1.00 bits per heavy atom. The van der Waals surface area contributed by atoms with E-state index in [0.717, 1.165) is 44.5 Å². The van der Waals surface area contributed by atoms with Gasteiger partial charge < -0.3 is 4.90 Å². The maximum absolute atomic E-state index is 12.3. The van der Waals surface area contributed by atoms with E-state index in [1.807, 2.05) is 12.3 Å². The molecule has 1 aromatic heterocycles. The first kappa shape index (κ1) is 18.4. The minimum Gasteiger partial charge on any atom is -0.371 e. The van der Waals surface area contributed by atoms with Crippen molar-refractivity contribution >= 4 is 22.4 Å². The number of Topliss-reactive ketones (excluding diaryl/α,β-unsaturated/α-hetero) is 1. The third-order valence-electron chi connectivity index (χ3n) is 6.26. The molecular weight excluding hydrogens is 334 g/mol. The zero-order valence-electron chi connectivity index (χ0n) is 16.3. The summed E-state index contributed by atoms with van der Waals surface area (Å²) in [5, 5.41) is 1.25. The van der Waals surface area contributed by atoms with Gasteiger partial charge in [-0.3, -0.25) is 14.7 Å². The molecule has 2 aliphatic rings. The number of carbonyl (C=O) groups excluding carboxylic acids is 1. The minimum absolute atomic E-state index is 0.444. The first-order valence-corrected chi connectivity index (χ1v) is 10.6. The number of benzene rings is 1. The molecule has 0 spiro atoms. The van der Waals surface area contributed by atoms with E-state index in [-0.39, 0.29) is 0 Å². The lowest BCUT2D eigenvalue weighted by Crippen LogP contribution is -2.35. The molecule has 0 aliphatic carbocycles. The van der Waals surface area contributed by atoms with Gasteiger partial charge in [-0.25, -0.2) is 0 Å². The topological polar surface area (TPSA) is 36.4 Å². The van der Waals surface area contributed by atoms with Gasteiger partial charge in [-0.1, -0.05) is 24.6 Å². The Kier molecular flexibility index (Phi) is 6.03. The van der Waals surface area contributed by atoms with Crippen molar-refractivity contribution in [2.75, 3.05) is 37.6 Å². The number of hydrogen-bond donors (Lipinski definition) is 0. The van der Waals surface area contributed by atoms with Crippen LogP contribution in [0.2, 0.25) is 0 Å². The van der Waals surface area contributed by atoms with Gasteiger partial charge in [0.15, 0.2) is 0 Å². The number of rotatable bonds is 6. The standard InChI is InChI=1S/C23H31N3O/c27-20(18-25-14-4-1-5-15-25)9-8-19-11-16-26(17-12-19)23-10-13-24-22-7-3-2-6-21(22)23/h2-3,6-7,10,13,19H,1,4-5,8-9,11-12,14-18H2. The maximum atomic E-state index is 12.3. The number of pyridine rings is 1. The zero-order valence-corrected chi connectivity index (χ0v) is 16.3. The van der Waals surface area contributed by atoms with Crippen molar-refractivity contribution in [2.24, 2.45) is 5.92 Å². The number of para-hydroxylation sites is 1. The lowest BCUT2D eigenvalue weighted by atomic mass is 9.91. The largest absolute Gasteiger partial charge is 0.371 e. The van der Waals surface area contributed by atoms with Gasteiger partial charge in [0.25, 0.3) is 0 Å². The molecule has 0 unspecified atom stereocenters. The molecule has 2 fully saturated rings. The van der Waals surface area contributed by atoms with Crippen LogP contribution >= 0.6 is 0 Å². The smallest absolute Gasteiger partial charge is 0.146 e. The van der Waals surface area contributed by atoms with Crippen LogP contribution < -0.4 is 4.90 Å². The van der Waals surface area contributed by atoms with Crippen molar-refractivity contribution in [1.82, 2.24) is 9.88 Å². The highest BCUT2D eigenvalue weighted by molar-refractivity contribution is 5.91. The summed E-state index contributed by atoms with van der Waals surface area (Å²) in [6.45, 7) is 5.08. The van der Waals surface area contributed by atoms with Crippen LogP contribution in [0.25, 0.3) is 10.9 Å². The van der Waals surface area contributed by atoms with Crippen molar-refractivity contribution in [3.8, 4) is 0 Å². The summed E-state index contributed by atoms with van der Waals surface area (Å²) in [4.78, 5) is 21.7. The lowest BCUT2D eigenvalue weighted by molar-refractivity contribution is -0.120. The van der Waals surface area contributed by atoms with Crippen molar-refractivity contribution in [2.45, 2.75) is 44.9 Å². The van der Waals surface area contributed by atoms with Crippen LogP contribution in [-0.2, 0) is 4.79 Å². The summed E-state index contributed by atoms with van der Waals surface area (Å²) in [5.41, 5.74) is 2.38. The Morgan fingerprint density at radius 3 is 2.59 bits per heavy atom. The molecule has 2 aliphatic heterocycles. The highest BCUT2D eigenvalue weighted by atomic mass is 16.1. The Labute approximate surface area is 162 Å². The van der Waals surface area contributed by atoms with E-state index in [9.17, 15) is 4.79 Å². The number of aromatic nitrogens is 1. The molecule has 0 atom stereocenters. The number of anilines is 1. The van der Waals surface area contributed by atoms with Crippen molar-refractivity contribution in [3.05, 3.63) is 36.5 Å². The number of piperidine rings is 2. The molecule has 0 amide bonds. The van der Waals surface area contributed by atoms with E-state index >= 15 is 0 Å². The normalized spacial score (nSPS) is 19.5. The highest BCUT2D eigenvalue weighted by Crippen LogP contribution is 2.30. The van der Waals surface area contributed by atoms with Gasteiger partial charge in [-0.2, -0.15) is 0 Å². The number of carbonyl (C=O) groups is 1. The predicted octanol–water partition coefficient (Wildman–Crippen LogP) is 4.29. The third kappa shape index (κ3) is 4.67. The van der Waals surface area contributed by atoms with Crippen LogP contribution in [-0.4, -0.2) is 48.4 Å². The molecule has 0 bridgehead atoms. The molecule has 4 heteroatoms. The Balaban J connectivity index is 1.26.